The molecule has 0 spiro atoms. The van der Waals surface area contributed by atoms with Crippen LogP contribution in [-0.2, 0) is 0 Å². The number of piperidine rings is 1. The maximum atomic E-state index is 13.9. The van der Waals surface area contributed by atoms with Gasteiger partial charge in [0.15, 0.2) is 5.78 Å². The van der Waals surface area contributed by atoms with Crippen LogP contribution in [0.3, 0.4) is 0 Å². The fourth-order valence-electron chi connectivity index (χ4n) is 3.17. The second-order valence-corrected chi connectivity index (χ2v) is 6.42. The van der Waals surface area contributed by atoms with Gasteiger partial charge in [-0.1, -0.05) is 11.6 Å². The van der Waals surface area contributed by atoms with Crippen molar-refractivity contribution in [2.45, 2.75) is 19.8 Å². The predicted molar refractivity (Wildman–Crippen MR) is 90.5 cm³/mol. The SMILES string of the molecule is Cc1ccc(F)c(C(=O)N2CCC(C(=O)c3ccc(F)cc3)CC2)c1. The van der Waals surface area contributed by atoms with Crippen LogP contribution in [0.4, 0.5) is 8.78 Å². The second-order valence-electron chi connectivity index (χ2n) is 6.42. The van der Waals surface area contributed by atoms with Gasteiger partial charge in [0.05, 0.1) is 5.56 Å². The van der Waals surface area contributed by atoms with E-state index < -0.39 is 5.82 Å². The number of rotatable bonds is 3. The number of halogens is 2. The van der Waals surface area contributed by atoms with Crippen molar-refractivity contribution in [2.75, 3.05) is 13.1 Å². The number of hydrogen-bond acceptors (Lipinski definition) is 2. The van der Waals surface area contributed by atoms with Gasteiger partial charge in [0.1, 0.15) is 11.6 Å². The summed E-state index contributed by atoms with van der Waals surface area (Å²) in [5.41, 5.74) is 1.38. The zero-order valence-electron chi connectivity index (χ0n) is 14.0. The molecule has 0 bridgehead atoms. The topological polar surface area (TPSA) is 37.4 Å². The van der Waals surface area contributed by atoms with Crippen LogP contribution < -0.4 is 0 Å². The molecular weight excluding hydrogens is 324 g/mol. The van der Waals surface area contributed by atoms with E-state index in [9.17, 15) is 18.4 Å². The Bertz CT molecular complexity index is 794. The summed E-state index contributed by atoms with van der Waals surface area (Å²) in [5, 5.41) is 0. The average molecular weight is 343 g/mol. The molecule has 130 valence electrons. The summed E-state index contributed by atoms with van der Waals surface area (Å²) in [5.74, 6) is -1.48. The highest BCUT2D eigenvalue weighted by Gasteiger charge is 2.29. The molecule has 0 unspecified atom stereocenters. The fraction of sp³-hybridized carbons (Fsp3) is 0.300. The van der Waals surface area contributed by atoms with E-state index in [0.717, 1.165) is 5.56 Å². The molecule has 2 aromatic carbocycles. The Morgan fingerprint density at radius 2 is 1.64 bits per heavy atom. The van der Waals surface area contributed by atoms with E-state index in [2.05, 4.69) is 0 Å². The van der Waals surface area contributed by atoms with Crippen molar-refractivity contribution >= 4 is 11.7 Å². The van der Waals surface area contributed by atoms with Crippen LogP contribution in [0, 0.1) is 24.5 Å². The molecule has 25 heavy (non-hydrogen) atoms. The van der Waals surface area contributed by atoms with E-state index in [-0.39, 0.29) is 29.0 Å². The Balaban J connectivity index is 1.65. The Morgan fingerprint density at radius 1 is 1.00 bits per heavy atom. The first-order valence-corrected chi connectivity index (χ1v) is 8.31. The fourth-order valence-corrected chi connectivity index (χ4v) is 3.17. The zero-order valence-corrected chi connectivity index (χ0v) is 14.0. The normalized spacial score (nSPS) is 15.2. The number of carbonyl (C=O) groups excluding carboxylic acids is 2. The molecule has 1 heterocycles. The Kier molecular flexibility index (Phi) is 4.93. The number of hydrogen-bond donors (Lipinski definition) is 0. The standard InChI is InChI=1S/C20H19F2NO2/c1-13-2-7-18(22)17(12-13)20(25)23-10-8-15(9-11-23)19(24)14-3-5-16(21)6-4-14/h2-7,12,15H,8-11H2,1H3. The molecule has 1 amide bonds. The minimum atomic E-state index is -0.528. The number of aryl methyl sites for hydroxylation is 1. The number of Topliss-reactive ketones (excluding diaryl/α,β-unsaturated/α-hetero) is 1. The summed E-state index contributed by atoms with van der Waals surface area (Å²) in [4.78, 5) is 26.6. The third-order valence-corrected chi connectivity index (χ3v) is 4.63. The molecule has 0 saturated carbocycles. The molecule has 0 radical (unpaired) electrons. The minimum absolute atomic E-state index is 0.0335. The molecule has 1 aliphatic rings. The average Bonchev–Trinajstić information content (AvgIpc) is 2.63. The third-order valence-electron chi connectivity index (χ3n) is 4.63. The minimum Gasteiger partial charge on any atom is -0.339 e. The summed E-state index contributed by atoms with van der Waals surface area (Å²) < 4.78 is 26.9. The molecule has 1 aliphatic heterocycles. The molecule has 3 nitrogen and oxygen atoms in total. The van der Waals surface area contributed by atoms with Gasteiger partial charge in [-0.3, -0.25) is 9.59 Å². The molecule has 0 aliphatic carbocycles. The number of nitrogens with zero attached hydrogens (tertiary/aromatic N) is 1. The molecule has 0 atom stereocenters. The van der Waals surface area contributed by atoms with Gasteiger partial charge in [-0.05, 0) is 56.2 Å². The van der Waals surface area contributed by atoms with Crippen LogP contribution in [0.2, 0.25) is 0 Å². The lowest BCUT2D eigenvalue weighted by Crippen LogP contribution is -2.40. The summed E-state index contributed by atoms with van der Waals surface area (Å²) in [6, 6.07) is 9.98. The molecule has 3 rings (SSSR count). The van der Waals surface area contributed by atoms with Crippen molar-refractivity contribution in [2.24, 2.45) is 5.92 Å². The summed E-state index contributed by atoms with van der Waals surface area (Å²) in [7, 11) is 0. The van der Waals surface area contributed by atoms with Gasteiger partial charge >= 0.3 is 0 Å². The van der Waals surface area contributed by atoms with Gasteiger partial charge in [0.2, 0.25) is 0 Å². The highest BCUT2D eigenvalue weighted by molar-refractivity contribution is 5.98. The number of amides is 1. The quantitative estimate of drug-likeness (QED) is 0.790. The first kappa shape index (κ1) is 17.3. The zero-order chi connectivity index (χ0) is 18.0. The Morgan fingerprint density at radius 3 is 2.28 bits per heavy atom. The maximum absolute atomic E-state index is 13.9. The van der Waals surface area contributed by atoms with Crippen LogP contribution in [0.15, 0.2) is 42.5 Å². The van der Waals surface area contributed by atoms with Gasteiger partial charge in [0, 0.05) is 24.6 Å². The first-order valence-electron chi connectivity index (χ1n) is 8.31. The van der Waals surface area contributed by atoms with Crippen molar-refractivity contribution in [3.8, 4) is 0 Å². The Labute approximate surface area is 145 Å². The molecule has 0 aromatic heterocycles. The van der Waals surface area contributed by atoms with Crippen molar-refractivity contribution in [3.05, 3.63) is 70.8 Å². The van der Waals surface area contributed by atoms with Crippen LogP contribution >= 0.6 is 0 Å². The number of carbonyl (C=O) groups is 2. The van der Waals surface area contributed by atoms with Crippen molar-refractivity contribution in [3.63, 3.8) is 0 Å². The highest BCUT2D eigenvalue weighted by Crippen LogP contribution is 2.24. The number of ketones is 1. The number of benzene rings is 2. The lowest BCUT2D eigenvalue weighted by molar-refractivity contribution is 0.0646. The highest BCUT2D eigenvalue weighted by atomic mass is 19.1. The summed E-state index contributed by atoms with van der Waals surface area (Å²) >= 11 is 0. The van der Waals surface area contributed by atoms with E-state index >= 15 is 0 Å². The molecule has 1 fully saturated rings. The molecule has 5 heteroatoms. The van der Waals surface area contributed by atoms with E-state index in [1.165, 1.54) is 30.3 Å². The first-order chi connectivity index (χ1) is 12.0. The van der Waals surface area contributed by atoms with E-state index in [1.54, 1.807) is 17.0 Å². The van der Waals surface area contributed by atoms with Crippen molar-refractivity contribution in [1.82, 2.24) is 4.90 Å². The molecule has 0 N–H and O–H groups in total. The summed E-state index contributed by atoms with van der Waals surface area (Å²) in [6.45, 7) is 2.62. The van der Waals surface area contributed by atoms with Gasteiger partial charge in [-0.15, -0.1) is 0 Å². The number of likely N-dealkylation sites (tertiary alicyclic amines) is 1. The van der Waals surface area contributed by atoms with Crippen molar-refractivity contribution < 1.29 is 18.4 Å². The van der Waals surface area contributed by atoms with Crippen LogP contribution in [0.1, 0.15) is 39.1 Å². The third kappa shape index (κ3) is 3.76. The second kappa shape index (κ2) is 7.13. The van der Waals surface area contributed by atoms with Crippen LogP contribution in [0.5, 0.6) is 0 Å². The van der Waals surface area contributed by atoms with E-state index in [4.69, 9.17) is 0 Å². The lowest BCUT2D eigenvalue weighted by atomic mass is 9.88. The van der Waals surface area contributed by atoms with Gasteiger partial charge in [-0.2, -0.15) is 0 Å². The smallest absolute Gasteiger partial charge is 0.256 e. The van der Waals surface area contributed by atoms with E-state index in [1.807, 2.05) is 6.92 Å². The van der Waals surface area contributed by atoms with Gasteiger partial charge < -0.3 is 4.90 Å². The monoisotopic (exact) mass is 343 g/mol. The maximum Gasteiger partial charge on any atom is 0.256 e. The molecular formula is C20H19F2NO2. The van der Waals surface area contributed by atoms with Gasteiger partial charge in [0.25, 0.3) is 5.91 Å². The predicted octanol–water partition coefficient (Wildman–Crippen LogP) is 4.01. The lowest BCUT2D eigenvalue weighted by Gasteiger charge is -2.31. The largest absolute Gasteiger partial charge is 0.339 e. The van der Waals surface area contributed by atoms with Crippen LogP contribution in [0.25, 0.3) is 0 Å². The summed E-state index contributed by atoms with van der Waals surface area (Å²) in [6.07, 6.45) is 1.05. The van der Waals surface area contributed by atoms with Crippen molar-refractivity contribution in [1.29, 1.82) is 0 Å². The van der Waals surface area contributed by atoms with Crippen LogP contribution in [-0.4, -0.2) is 29.7 Å². The Hall–Kier alpha value is -2.56. The molecule has 2 aromatic rings. The van der Waals surface area contributed by atoms with E-state index in [0.29, 0.717) is 31.5 Å². The molecule has 1 saturated heterocycles. The van der Waals surface area contributed by atoms with Gasteiger partial charge in [-0.25, -0.2) is 8.78 Å².